The molecule has 0 radical (unpaired) electrons. The van der Waals surface area contributed by atoms with E-state index in [0.29, 0.717) is 12.3 Å². The Morgan fingerprint density at radius 2 is 2.47 bits per heavy atom. The van der Waals surface area contributed by atoms with Crippen LogP contribution in [0.1, 0.15) is 39.0 Å². The molecule has 3 unspecified atom stereocenters. The van der Waals surface area contributed by atoms with Crippen LogP contribution in [0.2, 0.25) is 0 Å². The Bertz CT molecular complexity index is 233. The second-order valence-corrected chi connectivity index (χ2v) is 4.43. The van der Waals surface area contributed by atoms with Crippen LogP contribution >= 0.6 is 0 Å². The van der Waals surface area contributed by atoms with Gasteiger partial charge in [0.15, 0.2) is 0 Å². The van der Waals surface area contributed by atoms with Gasteiger partial charge in [-0.2, -0.15) is 0 Å². The lowest BCUT2D eigenvalue weighted by Crippen LogP contribution is -2.19. The number of rotatable bonds is 6. The summed E-state index contributed by atoms with van der Waals surface area (Å²) in [6, 6.07) is 0. The second-order valence-electron chi connectivity index (χ2n) is 4.43. The van der Waals surface area contributed by atoms with Gasteiger partial charge >= 0.3 is 0 Å². The molecule has 0 amide bonds. The van der Waals surface area contributed by atoms with Gasteiger partial charge in [-0.15, -0.1) is 6.58 Å². The molecule has 0 saturated heterocycles. The number of aliphatic hydroxyl groups excluding tert-OH is 1. The molecular weight excluding hydrogens is 186 g/mol. The largest absolute Gasteiger partial charge is 0.379 e. The molecule has 0 aromatic rings. The molecule has 2 nitrogen and oxygen atoms in total. The normalized spacial score (nSPS) is 27.5. The van der Waals surface area contributed by atoms with E-state index in [1.165, 1.54) is 24.8 Å². The summed E-state index contributed by atoms with van der Waals surface area (Å²) in [6.07, 6.45) is 8.93. The fourth-order valence-electron chi connectivity index (χ4n) is 2.48. The lowest BCUT2D eigenvalue weighted by molar-refractivity contribution is 0.171. The topological polar surface area (TPSA) is 46.2 Å². The van der Waals surface area contributed by atoms with E-state index in [0.717, 1.165) is 12.3 Å². The van der Waals surface area contributed by atoms with Crippen LogP contribution in [0.25, 0.3) is 0 Å². The van der Waals surface area contributed by atoms with E-state index >= 15 is 0 Å². The molecule has 0 heterocycles. The van der Waals surface area contributed by atoms with E-state index in [4.69, 9.17) is 10.8 Å². The van der Waals surface area contributed by atoms with Gasteiger partial charge in [-0.05, 0) is 31.6 Å². The van der Waals surface area contributed by atoms with E-state index < -0.39 is 6.23 Å². The van der Waals surface area contributed by atoms with Gasteiger partial charge in [0, 0.05) is 5.92 Å². The number of hydrogen-bond donors (Lipinski definition) is 2. The molecule has 1 aliphatic rings. The maximum Gasteiger partial charge on any atom is 0.102 e. The van der Waals surface area contributed by atoms with Crippen LogP contribution in [0.3, 0.4) is 0 Å². The van der Waals surface area contributed by atoms with Crippen molar-refractivity contribution in [3.8, 4) is 0 Å². The summed E-state index contributed by atoms with van der Waals surface area (Å²) in [6.45, 7) is 6.14. The van der Waals surface area contributed by atoms with Crippen molar-refractivity contribution >= 4 is 0 Å². The minimum atomic E-state index is -0.679. The lowest BCUT2D eigenvalue weighted by Gasteiger charge is -2.19. The summed E-state index contributed by atoms with van der Waals surface area (Å²) in [5.41, 5.74) is 6.78. The van der Waals surface area contributed by atoms with Crippen LogP contribution < -0.4 is 5.73 Å². The minimum Gasteiger partial charge on any atom is -0.379 e. The smallest absolute Gasteiger partial charge is 0.102 e. The van der Waals surface area contributed by atoms with Gasteiger partial charge in [-0.25, -0.2) is 0 Å². The van der Waals surface area contributed by atoms with Gasteiger partial charge in [0.25, 0.3) is 0 Å². The van der Waals surface area contributed by atoms with Gasteiger partial charge in [-0.1, -0.05) is 31.1 Å². The van der Waals surface area contributed by atoms with Gasteiger partial charge in [0.05, 0.1) is 0 Å². The Labute approximate surface area is 92.9 Å². The highest BCUT2D eigenvalue weighted by molar-refractivity contribution is 5.20. The molecule has 3 N–H and O–H groups in total. The highest BCUT2D eigenvalue weighted by atomic mass is 16.3. The molecule has 0 spiro atoms. The molecule has 0 bridgehead atoms. The average molecular weight is 209 g/mol. The van der Waals surface area contributed by atoms with E-state index in [-0.39, 0.29) is 0 Å². The molecule has 0 aromatic heterocycles. The Kier molecular flexibility index (Phi) is 5.06. The van der Waals surface area contributed by atoms with Crippen molar-refractivity contribution < 1.29 is 5.11 Å². The predicted octanol–water partition coefficient (Wildman–Crippen LogP) is 2.59. The molecule has 0 saturated carbocycles. The first-order valence-electron chi connectivity index (χ1n) is 5.94. The maximum atomic E-state index is 9.07. The monoisotopic (exact) mass is 209 g/mol. The van der Waals surface area contributed by atoms with Crippen molar-refractivity contribution in [2.45, 2.75) is 45.3 Å². The summed E-state index contributed by atoms with van der Waals surface area (Å²) in [7, 11) is 0. The van der Waals surface area contributed by atoms with Crippen molar-refractivity contribution in [1.29, 1.82) is 0 Å². The summed E-state index contributed by atoms with van der Waals surface area (Å²) < 4.78 is 0. The zero-order valence-corrected chi connectivity index (χ0v) is 9.65. The van der Waals surface area contributed by atoms with E-state index in [1.807, 2.05) is 0 Å². The SMILES string of the molecule is C=CC1C(CCC(N)O)=CCC1CCC. The zero-order chi connectivity index (χ0) is 11.3. The first-order valence-corrected chi connectivity index (χ1v) is 5.94. The van der Waals surface area contributed by atoms with Crippen molar-refractivity contribution in [1.82, 2.24) is 0 Å². The van der Waals surface area contributed by atoms with E-state index in [9.17, 15) is 0 Å². The molecule has 86 valence electrons. The molecule has 2 heteroatoms. The Morgan fingerprint density at radius 3 is 3.00 bits per heavy atom. The van der Waals surface area contributed by atoms with Crippen LogP contribution in [-0.4, -0.2) is 11.3 Å². The van der Waals surface area contributed by atoms with Crippen molar-refractivity contribution in [2.24, 2.45) is 17.6 Å². The highest BCUT2D eigenvalue weighted by Gasteiger charge is 2.26. The number of allylic oxidation sites excluding steroid dienone is 3. The Balaban J connectivity index is 2.47. The Hall–Kier alpha value is -0.600. The standard InChI is InChI=1S/C13H23NO/c1-3-5-10-6-7-11(12(10)4-2)8-9-13(14)15/h4,7,10,12-13,15H,2-3,5-6,8-9,14H2,1H3. The third-order valence-corrected chi connectivity index (χ3v) is 3.26. The molecule has 0 fully saturated rings. The minimum absolute atomic E-state index is 0.517. The van der Waals surface area contributed by atoms with Crippen LogP contribution in [0.15, 0.2) is 24.3 Å². The number of nitrogens with two attached hydrogens (primary N) is 1. The van der Waals surface area contributed by atoms with Gasteiger partial charge in [0.1, 0.15) is 6.23 Å². The summed E-state index contributed by atoms with van der Waals surface area (Å²) in [5.74, 6) is 1.25. The van der Waals surface area contributed by atoms with Gasteiger partial charge < -0.3 is 10.8 Å². The van der Waals surface area contributed by atoms with E-state index in [1.54, 1.807) is 0 Å². The molecule has 1 rings (SSSR count). The lowest BCUT2D eigenvalue weighted by atomic mass is 9.86. The Morgan fingerprint density at radius 1 is 1.73 bits per heavy atom. The maximum absolute atomic E-state index is 9.07. The van der Waals surface area contributed by atoms with Gasteiger partial charge in [-0.3, -0.25) is 0 Å². The summed E-state index contributed by atoms with van der Waals surface area (Å²) >= 11 is 0. The molecule has 3 atom stereocenters. The van der Waals surface area contributed by atoms with E-state index in [2.05, 4.69) is 25.7 Å². The van der Waals surface area contributed by atoms with Crippen LogP contribution in [-0.2, 0) is 0 Å². The molecule has 0 aliphatic heterocycles. The first-order chi connectivity index (χ1) is 7.19. The van der Waals surface area contributed by atoms with Crippen molar-refractivity contribution in [3.05, 3.63) is 24.3 Å². The molecule has 0 aromatic carbocycles. The fraction of sp³-hybridized carbons (Fsp3) is 0.692. The van der Waals surface area contributed by atoms with Crippen LogP contribution in [0, 0.1) is 11.8 Å². The van der Waals surface area contributed by atoms with Crippen LogP contribution in [0.4, 0.5) is 0 Å². The zero-order valence-electron chi connectivity index (χ0n) is 9.65. The van der Waals surface area contributed by atoms with Crippen LogP contribution in [0.5, 0.6) is 0 Å². The third-order valence-electron chi connectivity index (χ3n) is 3.26. The quantitative estimate of drug-likeness (QED) is 0.522. The molecule has 15 heavy (non-hydrogen) atoms. The van der Waals surface area contributed by atoms with Crippen molar-refractivity contribution in [2.75, 3.05) is 0 Å². The molecular formula is C13H23NO. The first kappa shape index (κ1) is 12.5. The second kappa shape index (κ2) is 6.09. The third kappa shape index (κ3) is 3.47. The molecule has 1 aliphatic carbocycles. The fourth-order valence-corrected chi connectivity index (χ4v) is 2.48. The average Bonchev–Trinajstić information content (AvgIpc) is 2.58. The number of aliphatic hydroxyl groups is 1. The summed E-state index contributed by atoms with van der Waals surface area (Å²) in [4.78, 5) is 0. The van der Waals surface area contributed by atoms with Crippen molar-refractivity contribution in [3.63, 3.8) is 0 Å². The number of hydrogen-bond acceptors (Lipinski definition) is 2. The van der Waals surface area contributed by atoms with Gasteiger partial charge in [0.2, 0.25) is 0 Å². The highest BCUT2D eigenvalue weighted by Crippen LogP contribution is 2.37. The predicted molar refractivity (Wildman–Crippen MR) is 64.2 cm³/mol. The summed E-state index contributed by atoms with van der Waals surface area (Å²) in [5, 5.41) is 9.07.